The number of fused-ring (bicyclic) bond motifs is 4. The van der Waals surface area contributed by atoms with Crippen LogP contribution in [0.25, 0.3) is 24.3 Å². The molecule has 0 aromatic heterocycles. The molecule has 0 saturated carbocycles. The van der Waals surface area contributed by atoms with Crippen LogP contribution in [0.1, 0.15) is 308 Å². The second-order valence-corrected chi connectivity index (χ2v) is 40.3. The largest absolute Gasteiger partial charge is 0.374 e. The van der Waals surface area contributed by atoms with Crippen LogP contribution in [0.2, 0.25) is 0 Å². The Morgan fingerprint density at radius 3 is 0.481 bits per heavy atom. The fourth-order valence-corrected chi connectivity index (χ4v) is 19.1. The molecule has 4 heterocycles. The summed E-state index contributed by atoms with van der Waals surface area (Å²) in [5, 5.41) is 0. The molecule has 0 amide bonds. The van der Waals surface area contributed by atoms with Crippen LogP contribution in [0.4, 0.5) is 22.7 Å². The molecule has 12 heteroatoms. The Morgan fingerprint density at radius 1 is 0.213 bits per heavy atom. The van der Waals surface area contributed by atoms with Gasteiger partial charge in [-0.25, -0.2) is 0 Å². The van der Waals surface area contributed by atoms with Crippen molar-refractivity contribution < 1.29 is 0 Å². The predicted molar refractivity (Wildman–Crippen MR) is 501 cm³/mol. The Balaban J connectivity index is 0.000000166. The van der Waals surface area contributed by atoms with Crippen molar-refractivity contribution in [3.8, 4) is 0 Å². The van der Waals surface area contributed by atoms with Gasteiger partial charge in [0.15, 0.2) is 0 Å². The first-order valence-corrected chi connectivity index (χ1v) is 43.7. The van der Waals surface area contributed by atoms with E-state index in [1.165, 1.54) is 134 Å². The number of hydrogen-bond acceptors (Lipinski definition) is 4. The van der Waals surface area contributed by atoms with Crippen molar-refractivity contribution in [2.75, 3.05) is 19.2 Å². The lowest BCUT2D eigenvalue weighted by atomic mass is 9.68. The first-order valence-electron chi connectivity index (χ1n) is 40.0. The molecule has 0 unspecified atom stereocenters. The topological polar surface area (TPSA) is 13.0 Å². The van der Waals surface area contributed by atoms with Crippen molar-refractivity contribution in [1.29, 1.82) is 0 Å². The van der Waals surface area contributed by atoms with E-state index < -0.39 is 0 Å². The van der Waals surface area contributed by atoms with Gasteiger partial charge in [0.1, 0.15) is 0 Å². The van der Waals surface area contributed by atoms with E-state index in [4.69, 9.17) is 0 Å². The molecule has 12 rings (SSSR count). The van der Waals surface area contributed by atoms with Gasteiger partial charge in [-0.05, 0) is 160 Å². The zero-order valence-corrected chi connectivity index (χ0v) is 77.0. The highest BCUT2D eigenvalue weighted by atomic mass is 79.9. The van der Waals surface area contributed by atoms with Gasteiger partial charge in [-0.3, -0.25) is 0 Å². The Morgan fingerprint density at radius 2 is 0.352 bits per heavy atom. The average molecular weight is 1700 g/mol. The second-order valence-electron chi connectivity index (χ2n) is 36.8. The zero-order chi connectivity index (χ0) is 79.7. The minimum absolute atomic E-state index is 0.0396. The lowest BCUT2D eigenvalue weighted by Crippen LogP contribution is -2.50. The molecule has 0 N–H and O–H groups in total. The van der Waals surface area contributed by atoms with Crippen LogP contribution >= 0.6 is 63.0 Å². The molecule has 0 atom stereocenters. The SMILES string of the molecule is CC(C)c1cccc(C(C)C)c1N1B(Br)c2ccccc2C=C1C(C)(C)C.CC(C)c1cccc(C(C)C)c1N1B(Br)c2ccccc2C=C1C(C)(C)C.CC(C)c1cccc(C(C)C)c1N1B(Br)c2ccccc2C=C1C(C)(C)C.CC(C)c1cccc(C(C)C)c1N1B(Br)c2ccccc2C=C1C(C)(C)C. The van der Waals surface area contributed by atoms with Crippen LogP contribution in [-0.4, -0.2) is 22.7 Å². The molecule has 0 radical (unpaired) electrons. The van der Waals surface area contributed by atoms with Crippen LogP contribution in [0.15, 0.2) is 193 Å². The monoisotopic (exact) mass is 1690 g/mol. The number of halogens is 4. The minimum Gasteiger partial charge on any atom is -0.374 e. The molecular weight excluding hydrogens is 1570 g/mol. The van der Waals surface area contributed by atoms with Gasteiger partial charge in [0, 0.05) is 67.2 Å². The molecule has 8 aromatic rings. The summed E-state index contributed by atoms with van der Waals surface area (Å²) in [5.74, 6) is 3.75. The molecule has 108 heavy (non-hydrogen) atoms. The van der Waals surface area contributed by atoms with Crippen LogP contribution in [0, 0.1) is 21.7 Å². The van der Waals surface area contributed by atoms with Crippen molar-refractivity contribution in [2.24, 2.45) is 21.7 Å². The number of rotatable bonds is 12. The van der Waals surface area contributed by atoms with Gasteiger partial charge in [0.05, 0.1) is 0 Å². The summed E-state index contributed by atoms with van der Waals surface area (Å²) in [5.41, 5.74) is 33.5. The lowest BCUT2D eigenvalue weighted by Gasteiger charge is -2.43. The van der Waals surface area contributed by atoms with E-state index in [-0.39, 0.29) is 44.3 Å². The molecule has 4 aliphatic heterocycles. The molecule has 568 valence electrons. The van der Waals surface area contributed by atoms with Crippen LogP contribution < -0.4 is 41.1 Å². The number of anilines is 4. The van der Waals surface area contributed by atoms with Crippen molar-refractivity contribution in [3.63, 3.8) is 0 Å². The van der Waals surface area contributed by atoms with E-state index in [0.29, 0.717) is 47.3 Å². The summed E-state index contributed by atoms with van der Waals surface area (Å²) in [7, 11) is 0. The zero-order valence-electron chi connectivity index (χ0n) is 70.7. The average Bonchev–Trinajstić information content (AvgIpc) is 0.762. The van der Waals surface area contributed by atoms with Gasteiger partial charge in [-0.1, -0.05) is 364 Å². The maximum atomic E-state index is 4.07. The van der Waals surface area contributed by atoms with Crippen molar-refractivity contribution >= 4 is 155 Å². The third kappa shape index (κ3) is 18.6. The molecule has 8 aromatic carbocycles. The van der Waals surface area contributed by atoms with E-state index in [9.17, 15) is 0 Å². The van der Waals surface area contributed by atoms with E-state index in [0.717, 1.165) is 0 Å². The van der Waals surface area contributed by atoms with Crippen LogP contribution in [0.3, 0.4) is 0 Å². The highest BCUT2D eigenvalue weighted by Crippen LogP contribution is 2.50. The summed E-state index contributed by atoms with van der Waals surface area (Å²) in [4.78, 5) is 10.2. The maximum Gasteiger partial charge on any atom is 0.372 e. The van der Waals surface area contributed by atoms with E-state index >= 15 is 0 Å². The fraction of sp³-hybridized carbons (Fsp3) is 0.417. The summed E-state index contributed by atoms with van der Waals surface area (Å²) < 4.78 is 0. The van der Waals surface area contributed by atoms with Gasteiger partial charge < -0.3 is 19.2 Å². The number of para-hydroxylation sites is 4. The summed E-state index contributed by atoms with van der Waals surface area (Å²) in [6.45, 7) is 64.5. The van der Waals surface area contributed by atoms with Gasteiger partial charge in [-0.15, -0.1) is 63.0 Å². The first-order chi connectivity index (χ1) is 50.5. The Hall–Kier alpha value is -5.90. The van der Waals surface area contributed by atoms with Crippen molar-refractivity contribution in [3.05, 3.63) is 259 Å². The smallest absolute Gasteiger partial charge is 0.372 e. The third-order valence-corrected chi connectivity index (χ3v) is 25.1. The van der Waals surface area contributed by atoms with Crippen molar-refractivity contribution in [1.82, 2.24) is 0 Å². The van der Waals surface area contributed by atoms with E-state index in [1.807, 2.05) is 0 Å². The summed E-state index contributed by atoms with van der Waals surface area (Å²) >= 11 is 16.3. The van der Waals surface area contributed by atoms with Crippen LogP contribution in [-0.2, 0) is 0 Å². The summed E-state index contributed by atoms with van der Waals surface area (Å²) in [6, 6.07) is 62.2. The van der Waals surface area contributed by atoms with Gasteiger partial charge >= 0.3 is 22.7 Å². The highest BCUT2D eigenvalue weighted by Gasteiger charge is 2.44. The normalized spacial score (nSPS) is 14.7. The molecule has 4 aliphatic rings. The quantitative estimate of drug-likeness (QED) is 0.113. The molecule has 0 saturated heterocycles. The molecule has 0 bridgehead atoms. The third-order valence-electron chi connectivity index (χ3n) is 21.5. The number of allylic oxidation sites excluding steroid dienone is 4. The second kappa shape index (κ2) is 35.0. The maximum absolute atomic E-state index is 4.07. The lowest BCUT2D eigenvalue weighted by molar-refractivity contribution is 0.501. The molecule has 0 fully saturated rings. The Kier molecular flexibility index (Phi) is 27.9. The minimum atomic E-state index is 0.0396. The van der Waals surface area contributed by atoms with E-state index in [1.54, 1.807) is 0 Å². The predicted octanol–water partition coefficient (Wildman–Crippen LogP) is 27.7. The standard InChI is InChI=1S/4C24H31BBrN/c4*1-16(2)19-12-10-13-20(17(3)4)23(19)27-22(24(5,6)7)15-18-11-8-9-14-21(18)25(27)26/h4*8-17H,1-7H3. The Labute approximate surface area is 690 Å². The number of benzene rings is 8. The van der Waals surface area contributed by atoms with Gasteiger partial charge in [0.2, 0.25) is 0 Å². The number of nitrogens with zero attached hydrogens (tertiary/aromatic N) is 4. The Bertz CT molecular complexity index is 3920. The van der Waals surface area contributed by atoms with Crippen LogP contribution in [0.5, 0.6) is 0 Å². The molecule has 0 spiro atoms. The molecule has 0 aliphatic carbocycles. The van der Waals surface area contributed by atoms with E-state index in [2.05, 4.69) is 470 Å². The summed E-state index contributed by atoms with van der Waals surface area (Å²) in [6.07, 6.45) is 9.53. The number of hydrogen-bond donors (Lipinski definition) is 0. The van der Waals surface area contributed by atoms with Crippen molar-refractivity contribution in [2.45, 2.75) is 241 Å². The van der Waals surface area contributed by atoms with Gasteiger partial charge in [-0.2, -0.15) is 0 Å². The molecule has 4 nitrogen and oxygen atoms in total. The highest BCUT2D eigenvalue weighted by molar-refractivity contribution is 9.25. The fourth-order valence-electron chi connectivity index (χ4n) is 15.8. The van der Waals surface area contributed by atoms with Gasteiger partial charge in [0.25, 0.3) is 0 Å². The molecular formula is C96H124B4Br4N4. The first kappa shape index (κ1) is 86.1.